The van der Waals surface area contributed by atoms with Crippen LogP contribution in [0.15, 0.2) is 84.4 Å². The van der Waals surface area contributed by atoms with Gasteiger partial charge in [-0.3, -0.25) is 14.9 Å². The van der Waals surface area contributed by atoms with Crippen LogP contribution in [0.5, 0.6) is 5.75 Å². The molecule has 1 saturated heterocycles. The van der Waals surface area contributed by atoms with Crippen molar-refractivity contribution in [2.45, 2.75) is 20.5 Å². The van der Waals surface area contributed by atoms with Crippen LogP contribution in [0.2, 0.25) is 0 Å². The molecule has 37 heavy (non-hydrogen) atoms. The first-order valence-corrected chi connectivity index (χ1v) is 12.8. The number of ether oxygens (including phenoxy) is 1. The number of anilines is 1. The standard InChI is InChI=1S/C30H23IN2O4/c1-18-11-19(2)13-24(12-18)33-29(35)25(28(34)32-30(33)36)15-20-8-10-27(26(31)16-20)37-17-21-7-9-22-5-3-4-6-23(22)14-21/h3-16H,17H2,1-2H3,(H,32,34,36)/b25-15+. The molecule has 4 aromatic carbocycles. The average molecular weight is 602 g/mol. The van der Waals surface area contributed by atoms with Crippen LogP contribution in [0, 0.1) is 17.4 Å². The maximum atomic E-state index is 13.2. The molecule has 1 aliphatic rings. The lowest BCUT2D eigenvalue weighted by molar-refractivity contribution is -0.122. The van der Waals surface area contributed by atoms with Crippen LogP contribution in [0.4, 0.5) is 10.5 Å². The molecule has 4 amide bonds. The molecule has 1 fully saturated rings. The van der Waals surface area contributed by atoms with Crippen molar-refractivity contribution in [2.24, 2.45) is 0 Å². The normalized spacial score (nSPS) is 14.8. The van der Waals surface area contributed by atoms with Gasteiger partial charge >= 0.3 is 6.03 Å². The Morgan fingerprint density at radius 1 is 0.865 bits per heavy atom. The molecule has 7 heteroatoms. The van der Waals surface area contributed by atoms with E-state index >= 15 is 0 Å². The fourth-order valence-electron chi connectivity index (χ4n) is 4.35. The Hall–Kier alpha value is -3.98. The number of hydrogen-bond donors (Lipinski definition) is 1. The predicted molar refractivity (Wildman–Crippen MR) is 152 cm³/mol. The lowest BCUT2D eigenvalue weighted by Gasteiger charge is -2.27. The number of nitrogens with zero attached hydrogens (tertiary/aromatic N) is 1. The van der Waals surface area contributed by atoms with Crippen LogP contribution in [-0.2, 0) is 16.2 Å². The lowest BCUT2D eigenvalue weighted by atomic mass is 10.1. The number of rotatable bonds is 5. The van der Waals surface area contributed by atoms with Crippen LogP contribution < -0.4 is 15.0 Å². The second-order valence-corrected chi connectivity index (χ2v) is 10.1. The van der Waals surface area contributed by atoms with Gasteiger partial charge in [-0.2, -0.15) is 0 Å². The lowest BCUT2D eigenvalue weighted by Crippen LogP contribution is -2.54. The molecule has 0 aromatic heterocycles. The second-order valence-electron chi connectivity index (χ2n) is 8.96. The van der Waals surface area contributed by atoms with E-state index in [0.717, 1.165) is 30.5 Å². The largest absolute Gasteiger partial charge is 0.488 e. The Morgan fingerprint density at radius 2 is 1.59 bits per heavy atom. The number of hydrogen-bond acceptors (Lipinski definition) is 4. The first-order valence-electron chi connectivity index (χ1n) is 11.7. The summed E-state index contributed by atoms with van der Waals surface area (Å²) in [7, 11) is 0. The van der Waals surface area contributed by atoms with Crippen LogP contribution in [-0.4, -0.2) is 17.8 Å². The number of carbonyl (C=O) groups is 3. The minimum absolute atomic E-state index is 0.112. The number of halogens is 1. The van der Waals surface area contributed by atoms with Gasteiger partial charge < -0.3 is 4.74 Å². The van der Waals surface area contributed by atoms with Crippen LogP contribution >= 0.6 is 22.6 Å². The fraction of sp³-hybridized carbons (Fsp3) is 0.100. The highest BCUT2D eigenvalue weighted by molar-refractivity contribution is 14.1. The minimum atomic E-state index is -0.760. The molecule has 1 heterocycles. The summed E-state index contributed by atoms with van der Waals surface area (Å²) in [5.74, 6) is -0.685. The van der Waals surface area contributed by atoms with Crippen LogP contribution in [0.25, 0.3) is 16.8 Å². The molecule has 184 valence electrons. The highest BCUT2D eigenvalue weighted by Gasteiger charge is 2.37. The molecule has 4 aromatic rings. The Balaban J connectivity index is 1.36. The second kappa shape index (κ2) is 10.2. The zero-order valence-electron chi connectivity index (χ0n) is 20.2. The Morgan fingerprint density at radius 3 is 2.32 bits per heavy atom. The third-order valence-corrected chi connectivity index (χ3v) is 6.88. The molecule has 0 radical (unpaired) electrons. The van der Waals surface area contributed by atoms with Gasteiger partial charge in [0, 0.05) is 0 Å². The Kier molecular flexibility index (Phi) is 6.80. The number of fused-ring (bicyclic) bond motifs is 1. The van der Waals surface area contributed by atoms with Crippen molar-refractivity contribution < 1.29 is 19.1 Å². The van der Waals surface area contributed by atoms with E-state index in [4.69, 9.17) is 4.74 Å². The third-order valence-electron chi connectivity index (χ3n) is 6.04. The fourth-order valence-corrected chi connectivity index (χ4v) is 5.05. The molecule has 0 bridgehead atoms. The number of barbiturate groups is 1. The van der Waals surface area contributed by atoms with E-state index in [1.165, 1.54) is 11.5 Å². The maximum absolute atomic E-state index is 13.2. The minimum Gasteiger partial charge on any atom is -0.488 e. The van der Waals surface area contributed by atoms with Gasteiger partial charge in [-0.1, -0.05) is 48.5 Å². The van der Waals surface area contributed by atoms with E-state index in [0.29, 0.717) is 23.6 Å². The molecule has 1 N–H and O–H groups in total. The number of imide groups is 2. The van der Waals surface area contributed by atoms with Crippen LogP contribution in [0.3, 0.4) is 0 Å². The van der Waals surface area contributed by atoms with Gasteiger partial charge in [0.15, 0.2) is 0 Å². The van der Waals surface area contributed by atoms with Crippen LogP contribution in [0.1, 0.15) is 22.3 Å². The smallest absolute Gasteiger partial charge is 0.335 e. The maximum Gasteiger partial charge on any atom is 0.335 e. The number of aryl methyl sites for hydroxylation is 2. The van der Waals surface area contributed by atoms with Gasteiger partial charge in [-0.15, -0.1) is 0 Å². The molecule has 5 rings (SSSR count). The van der Waals surface area contributed by atoms with Crippen molar-refractivity contribution in [3.63, 3.8) is 0 Å². The topological polar surface area (TPSA) is 75.7 Å². The number of amides is 4. The molecule has 6 nitrogen and oxygen atoms in total. The third kappa shape index (κ3) is 5.27. The van der Waals surface area contributed by atoms with E-state index < -0.39 is 17.8 Å². The van der Waals surface area contributed by atoms with Crippen molar-refractivity contribution in [1.29, 1.82) is 0 Å². The first-order chi connectivity index (χ1) is 17.8. The molecular weight excluding hydrogens is 579 g/mol. The molecule has 0 spiro atoms. The van der Waals surface area contributed by atoms with Crippen molar-refractivity contribution in [1.82, 2.24) is 5.32 Å². The van der Waals surface area contributed by atoms with E-state index in [2.05, 4.69) is 52.2 Å². The summed E-state index contributed by atoms with van der Waals surface area (Å²) in [6, 6.07) is 24.5. The highest BCUT2D eigenvalue weighted by atomic mass is 127. The average Bonchev–Trinajstić information content (AvgIpc) is 2.85. The van der Waals surface area contributed by atoms with Crippen molar-refractivity contribution in [2.75, 3.05) is 4.90 Å². The van der Waals surface area contributed by atoms with Crippen molar-refractivity contribution in [3.05, 3.63) is 110 Å². The van der Waals surface area contributed by atoms with Gasteiger partial charge in [0.05, 0.1) is 9.26 Å². The van der Waals surface area contributed by atoms with E-state index in [9.17, 15) is 14.4 Å². The van der Waals surface area contributed by atoms with Gasteiger partial charge in [0.2, 0.25) is 0 Å². The number of carbonyl (C=O) groups excluding carboxylic acids is 3. The molecule has 0 unspecified atom stereocenters. The monoisotopic (exact) mass is 602 g/mol. The summed E-state index contributed by atoms with van der Waals surface area (Å²) in [6.45, 7) is 4.18. The van der Waals surface area contributed by atoms with E-state index in [-0.39, 0.29) is 5.57 Å². The van der Waals surface area contributed by atoms with Gasteiger partial charge in [-0.25, -0.2) is 9.69 Å². The van der Waals surface area contributed by atoms with Crippen molar-refractivity contribution in [3.8, 4) is 5.75 Å². The summed E-state index contributed by atoms with van der Waals surface area (Å²) in [5.41, 5.74) is 3.83. The van der Waals surface area contributed by atoms with Gasteiger partial charge in [0.1, 0.15) is 17.9 Å². The zero-order chi connectivity index (χ0) is 26.1. The molecule has 1 aliphatic heterocycles. The van der Waals surface area contributed by atoms with E-state index in [1.807, 2.05) is 50.2 Å². The van der Waals surface area contributed by atoms with Gasteiger partial charge in [0.25, 0.3) is 11.8 Å². The molecule has 0 atom stereocenters. The predicted octanol–water partition coefficient (Wildman–Crippen LogP) is 6.31. The summed E-state index contributed by atoms with van der Waals surface area (Å²) >= 11 is 2.17. The Bertz CT molecular complexity index is 1590. The first kappa shape index (κ1) is 24.7. The number of benzene rings is 4. The number of urea groups is 1. The Labute approximate surface area is 228 Å². The quantitative estimate of drug-likeness (QED) is 0.165. The zero-order valence-corrected chi connectivity index (χ0v) is 22.4. The summed E-state index contributed by atoms with van der Waals surface area (Å²) < 4.78 is 6.88. The molecule has 0 saturated carbocycles. The SMILES string of the molecule is Cc1cc(C)cc(N2C(=O)NC(=O)/C(=C\c3ccc(OCc4ccc5ccccc5c4)c(I)c3)C2=O)c1. The van der Waals surface area contributed by atoms with E-state index in [1.54, 1.807) is 18.2 Å². The molecule has 0 aliphatic carbocycles. The highest BCUT2D eigenvalue weighted by Crippen LogP contribution is 2.27. The van der Waals surface area contributed by atoms with Crippen molar-refractivity contribution >= 4 is 63.0 Å². The number of nitrogens with one attached hydrogen (secondary N) is 1. The summed E-state index contributed by atoms with van der Waals surface area (Å²) in [4.78, 5) is 39.3. The summed E-state index contributed by atoms with van der Waals surface area (Å²) in [5, 5.41) is 4.61. The summed E-state index contributed by atoms with van der Waals surface area (Å²) in [6.07, 6.45) is 1.50. The van der Waals surface area contributed by atoms with Gasteiger partial charge in [-0.05, 0) is 106 Å². The molecular formula is C30H23IN2O4.